The van der Waals surface area contributed by atoms with Gasteiger partial charge in [-0.15, -0.1) is 0 Å². The average Bonchev–Trinajstić information content (AvgIpc) is 2.63. The van der Waals surface area contributed by atoms with Gasteiger partial charge < -0.3 is 9.88 Å². The largest absolute Gasteiger partial charge is 0.360 e. The van der Waals surface area contributed by atoms with Gasteiger partial charge in [0.05, 0.1) is 0 Å². The van der Waals surface area contributed by atoms with Crippen LogP contribution in [-0.2, 0) is 11.3 Å². The zero-order chi connectivity index (χ0) is 9.26. The first-order chi connectivity index (χ1) is 6.31. The predicted molar refractivity (Wildman–Crippen MR) is 48.8 cm³/mol. The summed E-state index contributed by atoms with van der Waals surface area (Å²) in [5.41, 5.74) is 2.15. The lowest BCUT2D eigenvalue weighted by molar-refractivity contribution is -0.122. The molecule has 0 aromatic carbocycles. The molecule has 0 saturated heterocycles. The van der Waals surface area contributed by atoms with Crippen molar-refractivity contribution in [1.82, 2.24) is 9.99 Å². The first kappa shape index (κ1) is 8.12. The Balaban J connectivity index is 2.13. The van der Waals surface area contributed by atoms with Gasteiger partial charge in [0.1, 0.15) is 11.9 Å². The Hall–Kier alpha value is -1.49. The zero-order valence-corrected chi connectivity index (χ0v) is 7.16. The number of carbonyl (C=O) groups excluding carboxylic acids is 1. The Kier molecular flexibility index (Phi) is 1.94. The molecule has 0 saturated carbocycles. The van der Waals surface area contributed by atoms with Crippen LogP contribution in [0.3, 0.4) is 0 Å². The van der Waals surface area contributed by atoms with Gasteiger partial charge in [0.25, 0.3) is 5.91 Å². The summed E-state index contributed by atoms with van der Waals surface area (Å²) in [6.45, 7) is 0.855. The number of nitrogens with one attached hydrogen (secondary N) is 2. The van der Waals surface area contributed by atoms with Gasteiger partial charge >= 0.3 is 0 Å². The van der Waals surface area contributed by atoms with Crippen LogP contribution in [0.15, 0.2) is 18.3 Å². The van der Waals surface area contributed by atoms with E-state index < -0.39 is 0 Å². The van der Waals surface area contributed by atoms with Crippen LogP contribution < -0.4 is 16.6 Å². The Morgan fingerprint density at radius 1 is 1.77 bits per heavy atom. The van der Waals surface area contributed by atoms with Crippen LogP contribution in [0.25, 0.3) is 0 Å². The third kappa shape index (κ3) is 1.38. The second-order valence-electron chi connectivity index (χ2n) is 3.08. The van der Waals surface area contributed by atoms with Crippen molar-refractivity contribution in [2.45, 2.75) is 19.0 Å². The SMILES string of the molecule is NNC(=O)C1CCn2cccc2N1. The molecular formula is C8H12N4O. The van der Waals surface area contributed by atoms with Crippen LogP contribution >= 0.6 is 0 Å². The molecule has 2 rings (SSSR count). The second kappa shape index (κ2) is 3.10. The highest BCUT2D eigenvalue weighted by molar-refractivity contribution is 5.84. The lowest BCUT2D eigenvalue weighted by atomic mass is 10.1. The normalized spacial score (nSPS) is 20.2. The van der Waals surface area contributed by atoms with Crippen molar-refractivity contribution in [1.29, 1.82) is 0 Å². The van der Waals surface area contributed by atoms with Gasteiger partial charge in [-0.2, -0.15) is 0 Å². The summed E-state index contributed by atoms with van der Waals surface area (Å²) in [5, 5.41) is 3.10. The molecule has 70 valence electrons. The number of carbonyl (C=O) groups is 1. The van der Waals surface area contributed by atoms with E-state index in [1.165, 1.54) is 0 Å². The van der Waals surface area contributed by atoms with Gasteiger partial charge in [0.15, 0.2) is 0 Å². The number of nitrogens with zero attached hydrogens (tertiary/aromatic N) is 1. The molecule has 1 aliphatic heterocycles. The maximum Gasteiger partial charge on any atom is 0.256 e. The highest BCUT2D eigenvalue weighted by Crippen LogP contribution is 2.18. The van der Waals surface area contributed by atoms with E-state index in [0.717, 1.165) is 18.8 Å². The van der Waals surface area contributed by atoms with Crippen molar-refractivity contribution in [3.8, 4) is 0 Å². The van der Waals surface area contributed by atoms with E-state index in [-0.39, 0.29) is 11.9 Å². The molecule has 13 heavy (non-hydrogen) atoms. The number of hydrazine groups is 1. The lowest BCUT2D eigenvalue weighted by Crippen LogP contribution is -2.45. The zero-order valence-electron chi connectivity index (χ0n) is 7.16. The Labute approximate surface area is 75.9 Å². The molecule has 4 N–H and O–H groups in total. The molecule has 1 aromatic rings. The Morgan fingerprint density at radius 3 is 3.38 bits per heavy atom. The van der Waals surface area contributed by atoms with Gasteiger partial charge in [0, 0.05) is 12.7 Å². The van der Waals surface area contributed by atoms with Gasteiger partial charge in [-0.25, -0.2) is 5.84 Å². The first-order valence-electron chi connectivity index (χ1n) is 4.23. The highest BCUT2D eigenvalue weighted by atomic mass is 16.2. The van der Waals surface area contributed by atoms with Crippen molar-refractivity contribution in [2.75, 3.05) is 5.32 Å². The third-order valence-corrected chi connectivity index (χ3v) is 2.27. The molecule has 1 aliphatic rings. The molecule has 0 radical (unpaired) electrons. The van der Waals surface area contributed by atoms with Crippen LogP contribution in [-0.4, -0.2) is 16.5 Å². The van der Waals surface area contributed by atoms with E-state index >= 15 is 0 Å². The summed E-state index contributed by atoms with van der Waals surface area (Å²) in [6, 6.07) is 3.69. The van der Waals surface area contributed by atoms with Crippen LogP contribution in [0.5, 0.6) is 0 Å². The summed E-state index contributed by atoms with van der Waals surface area (Å²) in [5.74, 6) is 5.86. The smallest absolute Gasteiger partial charge is 0.256 e. The van der Waals surface area contributed by atoms with E-state index in [0.29, 0.717) is 0 Å². The van der Waals surface area contributed by atoms with E-state index in [4.69, 9.17) is 5.84 Å². The van der Waals surface area contributed by atoms with E-state index in [2.05, 4.69) is 15.3 Å². The van der Waals surface area contributed by atoms with E-state index in [1.54, 1.807) is 0 Å². The topological polar surface area (TPSA) is 72.1 Å². The van der Waals surface area contributed by atoms with Gasteiger partial charge in [-0.1, -0.05) is 0 Å². The van der Waals surface area contributed by atoms with Crippen LogP contribution in [0.2, 0.25) is 0 Å². The molecule has 1 amide bonds. The number of hydrogen-bond acceptors (Lipinski definition) is 3. The fourth-order valence-corrected chi connectivity index (χ4v) is 1.56. The number of amides is 1. The molecule has 2 heterocycles. The fourth-order valence-electron chi connectivity index (χ4n) is 1.56. The molecule has 0 aliphatic carbocycles. The molecular weight excluding hydrogens is 168 g/mol. The van der Waals surface area contributed by atoms with Gasteiger partial charge in [-0.3, -0.25) is 10.2 Å². The number of rotatable bonds is 1. The van der Waals surface area contributed by atoms with Gasteiger partial charge in [0.2, 0.25) is 0 Å². The fraction of sp³-hybridized carbons (Fsp3) is 0.375. The average molecular weight is 180 g/mol. The van der Waals surface area contributed by atoms with E-state index in [9.17, 15) is 4.79 Å². The first-order valence-corrected chi connectivity index (χ1v) is 4.23. The number of fused-ring (bicyclic) bond motifs is 1. The van der Waals surface area contributed by atoms with Crippen molar-refractivity contribution in [3.05, 3.63) is 18.3 Å². The summed E-state index contributed by atoms with van der Waals surface area (Å²) >= 11 is 0. The quantitative estimate of drug-likeness (QED) is 0.314. The third-order valence-electron chi connectivity index (χ3n) is 2.27. The monoisotopic (exact) mass is 180 g/mol. The maximum absolute atomic E-state index is 11.2. The highest BCUT2D eigenvalue weighted by Gasteiger charge is 2.22. The molecule has 0 spiro atoms. The summed E-state index contributed by atoms with van der Waals surface area (Å²) in [7, 11) is 0. The van der Waals surface area contributed by atoms with Crippen molar-refractivity contribution in [2.24, 2.45) is 5.84 Å². The Morgan fingerprint density at radius 2 is 2.62 bits per heavy atom. The Bertz CT molecular complexity index is 320. The minimum Gasteiger partial charge on any atom is -0.360 e. The van der Waals surface area contributed by atoms with Crippen molar-refractivity contribution in [3.63, 3.8) is 0 Å². The van der Waals surface area contributed by atoms with Crippen molar-refractivity contribution >= 4 is 11.7 Å². The van der Waals surface area contributed by atoms with Gasteiger partial charge in [-0.05, 0) is 18.6 Å². The summed E-state index contributed by atoms with van der Waals surface area (Å²) in [6.07, 6.45) is 2.75. The van der Waals surface area contributed by atoms with Crippen LogP contribution in [0.4, 0.5) is 5.82 Å². The number of aryl methyl sites for hydroxylation is 1. The van der Waals surface area contributed by atoms with Crippen LogP contribution in [0.1, 0.15) is 6.42 Å². The molecule has 1 aromatic heterocycles. The number of hydrogen-bond donors (Lipinski definition) is 3. The van der Waals surface area contributed by atoms with Crippen LogP contribution in [0, 0.1) is 0 Å². The lowest BCUT2D eigenvalue weighted by Gasteiger charge is -2.24. The standard InChI is InChI=1S/C8H12N4O/c9-11-8(13)6-3-5-12-4-1-2-7(12)10-6/h1-2,4,6,10H,3,5,9H2,(H,11,13). The molecule has 5 heteroatoms. The molecule has 0 bridgehead atoms. The van der Waals surface area contributed by atoms with E-state index in [1.807, 2.05) is 18.3 Å². The number of anilines is 1. The number of nitrogens with two attached hydrogens (primary N) is 1. The summed E-state index contributed by atoms with van der Waals surface area (Å²) in [4.78, 5) is 11.2. The minimum absolute atomic E-state index is 0.160. The molecule has 1 atom stereocenters. The second-order valence-corrected chi connectivity index (χ2v) is 3.08. The predicted octanol–water partition coefficient (Wildman–Crippen LogP) is -0.338. The minimum atomic E-state index is -0.201. The molecule has 1 unspecified atom stereocenters. The number of aromatic nitrogens is 1. The molecule has 0 fully saturated rings. The summed E-state index contributed by atoms with van der Waals surface area (Å²) < 4.78 is 2.07. The van der Waals surface area contributed by atoms with Crippen molar-refractivity contribution < 1.29 is 4.79 Å². The maximum atomic E-state index is 11.2. The molecule has 5 nitrogen and oxygen atoms in total.